The molecule has 0 saturated carbocycles. The maximum Gasteiger partial charge on any atom is 0.235 e. The fraction of sp³-hybridized carbons (Fsp3) is 0.409. The number of carbonyl (C=O) groups excluding carboxylic acids is 1. The lowest BCUT2D eigenvalue weighted by Crippen LogP contribution is -2.39. The van der Waals surface area contributed by atoms with Crippen LogP contribution in [0.1, 0.15) is 16.7 Å². The molecule has 1 saturated heterocycles. The second-order valence-corrected chi connectivity index (χ2v) is 9.48. The van der Waals surface area contributed by atoms with Crippen LogP contribution in [0.4, 0.5) is 0 Å². The maximum atomic E-state index is 12.4. The molecular formula is C22H29N3O4S. The Balaban J connectivity index is 1.49. The van der Waals surface area contributed by atoms with Crippen molar-refractivity contribution >= 4 is 15.9 Å². The van der Waals surface area contributed by atoms with Gasteiger partial charge in [-0.25, -0.2) is 8.42 Å². The highest BCUT2D eigenvalue weighted by Crippen LogP contribution is 2.10. The number of ether oxygens (including phenoxy) is 1. The van der Waals surface area contributed by atoms with Crippen molar-refractivity contribution in [1.29, 1.82) is 0 Å². The Morgan fingerprint density at radius 1 is 1.00 bits per heavy atom. The number of rotatable bonds is 9. The molecule has 0 aromatic heterocycles. The highest BCUT2D eigenvalue weighted by molar-refractivity contribution is 7.88. The number of hydrogen-bond donors (Lipinski definition) is 1. The van der Waals surface area contributed by atoms with E-state index < -0.39 is 10.0 Å². The molecule has 3 rings (SSSR count). The van der Waals surface area contributed by atoms with Crippen LogP contribution in [0.15, 0.2) is 54.6 Å². The van der Waals surface area contributed by atoms with Crippen LogP contribution in [0.25, 0.3) is 0 Å². The molecule has 162 valence electrons. The topological polar surface area (TPSA) is 79.0 Å². The van der Waals surface area contributed by atoms with E-state index in [1.165, 1.54) is 9.87 Å². The molecule has 1 aliphatic rings. The Labute approximate surface area is 178 Å². The Kier molecular flexibility index (Phi) is 7.98. The van der Waals surface area contributed by atoms with Crippen molar-refractivity contribution in [2.45, 2.75) is 19.6 Å². The predicted molar refractivity (Wildman–Crippen MR) is 116 cm³/mol. The molecule has 0 bridgehead atoms. The van der Waals surface area contributed by atoms with E-state index in [1.807, 2.05) is 42.5 Å². The molecule has 1 N–H and O–H groups in total. The van der Waals surface area contributed by atoms with Crippen molar-refractivity contribution in [3.8, 4) is 0 Å². The summed E-state index contributed by atoms with van der Waals surface area (Å²) in [4.78, 5) is 14.7. The van der Waals surface area contributed by atoms with Crippen LogP contribution in [-0.2, 0) is 39.2 Å². The zero-order chi connectivity index (χ0) is 21.4. The first-order valence-electron chi connectivity index (χ1n) is 10.0. The van der Waals surface area contributed by atoms with E-state index in [0.29, 0.717) is 6.54 Å². The number of morpholine rings is 1. The van der Waals surface area contributed by atoms with Crippen LogP contribution in [0, 0.1) is 0 Å². The van der Waals surface area contributed by atoms with E-state index in [4.69, 9.17) is 4.74 Å². The molecule has 30 heavy (non-hydrogen) atoms. The van der Waals surface area contributed by atoms with Crippen LogP contribution in [0.3, 0.4) is 0 Å². The van der Waals surface area contributed by atoms with Gasteiger partial charge in [0.25, 0.3) is 0 Å². The molecule has 2 aromatic rings. The van der Waals surface area contributed by atoms with Gasteiger partial charge in [-0.2, -0.15) is 4.31 Å². The molecule has 2 aromatic carbocycles. The average molecular weight is 432 g/mol. The van der Waals surface area contributed by atoms with Gasteiger partial charge in [-0.3, -0.25) is 9.69 Å². The smallest absolute Gasteiger partial charge is 0.235 e. The lowest BCUT2D eigenvalue weighted by molar-refractivity contribution is -0.121. The standard InChI is InChI=1S/C22H29N3O4S/c1-30(27,28)25(17-20-5-3-2-4-6-20)18-22(26)23-15-19-7-9-21(10-8-19)16-24-11-13-29-14-12-24/h2-10H,11-18H2,1H3,(H,23,26). The molecule has 0 aliphatic carbocycles. The second-order valence-electron chi connectivity index (χ2n) is 7.50. The number of sulfonamides is 1. The lowest BCUT2D eigenvalue weighted by Gasteiger charge is -2.26. The lowest BCUT2D eigenvalue weighted by atomic mass is 10.1. The third kappa shape index (κ3) is 7.21. The number of benzene rings is 2. The van der Waals surface area contributed by atoms with Crippen LogP contribution < -0.4 is 5.32 Å². The molecule has 1 aliphatic heterocycles. The minimum Gasteiger partial charge on any atom is -0.379 e. The zero-order valence-corrected chi connectivity index (χ0v) is 18.1. The van der Waals surface area contributed by atoms with Crippen molar-refractivity contribution in [2.24, 2.45) is 0 Å². The van der Waals surface area contributed by atoms with Crippen LogP contribution in [0.2, 0.25) is 0 Å². The normalized spacial score (nSPS) is 15.3. The van der Waals surface area contributed by atoms with Crippen molar-refractivity contribution in [2.75, 3.05) is 39.1 Å². The monoisotopic (exact) mass is 431 g/mol. The van der Waals surface area contributed by atoms with E-state index in [9.17, 15) is 13.2 Å². The van der Waals surface area contributed by atoms with Gasteiger partial charge in [0.05, 0.1) is 26.0 Å². The largest absolute Gasteiger partial charge is 0.379 e. The Morgan fingerprint density at radius 3 is 2.27 bits per heavy atom. The van der Waals surface area contributed by atoms with E-state index in [-0.39, 0.29) is 19.0 Å². The molecule has 0 unspecified atom stereocenters. The fourth-order valence-electron chi connectivity index (χ4n) is 3.27. The van der Waals surface area contributed by atoms with Gasteiger partial charge < -0.3 is 10.1 Å². The fourth-order valence-corrected chi connectivity index (χ4v) is 4.01. The van der Waals surface area contributed by atoms with E-state index in [2.05, 4.69) is 22.3 Å². The molecule has 1 heterocycles. The third-order valence-electron chi connectivity index (χ3n) is 5.01. The SMILES string of the molecule is CS(=O)(=O)N(CC(=O)NCc1ccc(CN2CCOCC2)cc1)Cc1ccccc1. The Morgan fingerprint density at radius 2 is 1.63 bits per heavy atom. The summed E-state index contributed by atoms with van der Waals surface area (Å²) in [6, 6.07) is 17.4. The Bertz CT molecular complexity index is 911. The molecule has 1 amide bonds. The molecule has 1 fully saturated rings. The average Bonchev–Trinajstić information content (AvgIpc) is 2.74. The summed E-state index contributed by atoms with van der Waals surface area (Å²) in [5, 5.41) is 2.82. The molecular weight excluding hydrogens is 402 g/mol. The summed E-state index contributed by atoms with van der Waals surface area (Å²) in [5.41, 5.74) is 3.03. The minimum atomic E-state index is -3.50. The molecule has 7 nitrogen and oxygen atoms in total. The first kappa shape index (κ1) is 22.4. The molecule has 0 spiro atoms. The van der Waals surface area contributed by atoms with Gasteiger partial charge in [0, 0.05) is 32.7 Å². The summed E-state index contributed by atoms with van der Waals surface area (Å²) in [6.45, 7) is 4.65. The maximum absolute atomic E-state index is 12.4. The van der Waals surface area contributed by atoms with Crippen molar-refractivity contribution in [1.82, 2.24) is 14.5 Å². The van der Waals surface area contributed by atoms with Gasteiger partial charge in [0.1, 0.15) is 0 Å². The molecule has 0 radical (unpaired) electrons. The van der Waals surface area contributed by atoms with Crippen molar-refractivity contribution < 1.29 is 17.9 Å². The van der Waals surface area contributed by atoms with Crippen molar-refractivity contribution in [3.63, 3.8) is 0 Å². The van der Waals surface area contributed by atoms with Gasteiger partial charge in [0.15, 0.2) is 0 Å². The number of nitrogens with zero attached hydrogens (tertiary/aromatic N) is 2. The van der Waals surface area contributed by atoms with Gasteiger partial charge in [-0.05, 0) is 16.7 Å². The number of amides is 1. The minimum absolute atomic E-state index is 0.170. The summed E-state index contributed by atoms with van der Waals surface area (Å²) >= 11 is 0. The predicted octanol–water partition coefficient (Wildman–Crippen LogP) is 1.60. The van der Waals surface area contributed by atoms with Crippen LogP contribution in [-0.4, -0.2) is 62.6 Å². The first-order valence-corrected chi connectivity index (χ1v) is 11.9. The summed E-state index contributed by atoms with van der Waals surface area (Å²) < 4.78 is 30.7. The quantitative estimate of drug-likeness (QED) is 0.652. The first-order chi connectivity index (χ1) is 14.4. The highest BCUT2D eigenvalue weighted by atomic mass is 32.2. The number of hydrogen-bond acceptors (Lipinski definition) is 5. The summed E-state index contributed by atoms with van der Waals surface area (Å²) in [7, 11) is -3.50. The van der Waals surface area contributed by atoms with E-state index in [0.717, 1.165) is 50.2 Å². The summed E-state index contributed by atoms with van der Waals surface area (Å²) in [5.74, 6) is -0.325. The van der Waals surface area contributed by atoms with Gasteiger partial charge in [-0.15, -0.1) is 0 Å². The van der Waals surface area contributed by atoms with E-state index >= 15 is 0 Å². The molecule has 0 atom stereocenters. The Hall–Kier alpha value is -2.26. The van der Waals surface area contributed by atoms with Gasteiger partial charge in [0.2, 0.25) is 15.9 Å². The van der Waals surface area contributed by atoms with Gasteiger partial charge in [-0.1, -0.05) is 54.6 Å². The third-order valence-corrected chi connectivity index (χ3v) is 6.21. The highest BCUT2D eigenvalue weighted by Gasteiger charge is 2.20. The van der Waals surface area contributed by atoms with Crippen LogP contribution in [0.5, 0.6) is 0 Å². The van der Waals surface area contributed by atoms with Crippen LogP contribution >= 0.6 is 0 Å². The number of nitrogens with one attached hydrogen (secondary N) is 1. The second kappa shape index (κ2) is 10.7. The zero-order valence-electron chi connectivity index (χ0n) is 17.3. The molecule has 8 heteroatoms. The van der Waals surface area contributed by atoms with E-state index in [1.54, 1.807) is 0 Å². The number of carbonyl (C=O) groups is 1. The summed E-state index contributed by atoms with van der Waals surface area (Å²) in [6.07, 6.45) is 1.12. The van der Waals surface area contributed by atoms with Gasteiger partial charge >= 0.3 is 0 Å². The van der Waals surface area contributed by atoms with Crippen molar-refractivity contribution in [3.05, 3.63) is 71.3 Å².